The lowest BCUT2D eigenvalue weighted by atomic mass is 9.98. The summed E-state index contributed by atoms with van der Waals surface area (Å²) in [5.41, 5.74) is 0.853. The van der Waals surface area contributed by atoms with E-state index in [2.05, 4.69) is 15.3 Å². The second kappa shape index (κ2) is 3.77. The van der Waals surface area contributed by atoms with Crippen molar-refractivity contribution < 1.29 is 9.63 Å². The fourth-order valence-electron chi connectivity index (χ4n) is 2.28. The second-order valence-corrected chi connectivity index (χ2v) is 4.29. The summed E-state index contributed by atoms with van der Waals surface area (Å²) in [6.45, 7) is 0. The number of halogens is 1. The first kappa shape index (κ1) is 9.77. The fourth-order valence-corrected chi connectivity index (χ4v) is 2.73. The zero-order valence-electron chi connectivity index (χ0n) is 8.00. The molecule has 2 aliphatic carbocycles. The molecule has 2 rings (SSSR count). The minimum absolute atomic E-state index is 0.0293. The van der Waals surface area contributed by atoms with E-state index < -0.39 is 6.09 Å². The Morgan fingerprint density at radius 3 is 3.00 bits per heavy atom. The van der Waals surface area contributed by atoms with Gasteiger partial charge in [-0.3, -0.25) is 4.84 Å². The second-order valence-electron chi connectivity index (χ2n) is 3.82. The van der Waals surface area contributed by atoms with Crippen LogP contribution in [-0.2, 0) is 4.84 Å². The minimum atomic E-state index is -0.538. The molecule has 3 unspecified atom stereocenters. The van der Waals surface area contributed by atoms with E-state index in [1.807, 2.05) is 0 Å². The van der Waals surface area contributed by atoms with Crippen molar-refractivity contribution in [1.29, 1.82) is 0 Å². The molecule has 0 heterocycles. The Hall–Kier alpha value is -0.770. The van der Waals surface area contributed by atoms with Crippen molar-refractivity contribution in [3.8, 4) is 0 Å². The molecule has 1 N–H and O–H groups in total. The summed E-state index contributed by atoms with van der Waals surface area (Å²) in [6, 6.07) is 0. The van der Waals surface area contributed by atoms with Crippen LogP contribution >= 0.6 is 11.6 Å². The van der Waals surface area contributed by atoms with E-state index >= 15 is 0 Å². The van der Waals surface area contributed by atoms with Crippen LogP contribution < -0.4 is 5.32 Å². The molecule has 0 aliphatic heterocycles. The van der Waals surface area contributed by atoms with Gasteiger partial charge in [0.05, 0.1) is 11.1 Å². The normalized spacial score (nSPS) is 37.6. The molecular formula is C9H13ClN2O2. The molecule has 4 nitrogen and oxygen atoms in total. The molecule has 0 radical (unpaired) electrons. The van der Waals surface area contributed by atoms with E-state index in [9.17, 15) is 4.79 Å². The van der Waals surface area contributed by atoms with Gasteiger partial charge in [0.2, 0.25) is 0 Å². The highest BCUT2D eigenvalue weighted by Gasteiger charge is 2.44. The molecule has 1 amide bonds. The lowest BCUT2D eigenvalue weighted by molar-refractivity contribution is 0.152. The third-order valence-corrected chi connectivity index (χ3v) is 3.61. The molecule has 2 bridgehead atoms. The van der Waals surface area contributed by atoms with Gasteiger partial charge in [-0.15, -0.1) is 11.6 Å². The van der Waals surface area contributed by atoms with Crippen LogP contribution in [0, 0.1) is 11.8 Å². The molecule has 5 heteroatoms. The predicted octanol–water partition coefficient (Wildman–Crippen LogP) is 1.74. The number of oxime groups is 1. The molecule has 14 heavy (non-hydrogen) atoms. The molecule has 0 saturated heterocycles. The monoisotopic (exact) mass is 216 g/mol. The Balaban J connectivity index is 2.00. The summed E-state index contributed by atoms with van der Waals surface area (Å²) in [7, 11) is 1.50. The zero-order chi connectivity index (χ0) is 10.1. The maximum absolute atomic E-state index is 10.8. The third kappa shape index (κ3) is 1.59. The number of rotatable bonds is 1. The van der Waals surface area contributed by atoms with Crippen LogP contribution in [0.25, 0.3) is 0 Å². The lowest BCUT2D eigenvalue weighted by Gasteiger charge is -2.16. The van der Waals surface area contributed by atoms with Crippen molar-refractivity contribution in [2.75, 3.05) is 7.05 Å². The smallest absolute Gasteiger partial charge is 0.323 e. The quantitative estimate of drug-likeness (QED) is 0.412. The molecule has 2 saturated carbocycles. The van der Waals surface area contributed by atoms with E-state index in [1.54, 1.807) is 0 Å². The van der Waals surface area contributed by atoms with Crippen LogP contribution in [0.2, 0.25) is 0 Å². The number of carbonyl (C=O) groups excluding carboxylic acids is 1. The maximum atomic E-state index is 10.8. The van der Waals surface area contributed by atoms with Crippen LogP contribution in [-0.4, -0.2) is 24.2 Å². The number of carbonyl (C=O) groups is 1. The zero-order valence-corrected chi connectivity index (χ0v) is 8.75. The number of nitrogens with zero attached hydrogens (tertiary/aromatic N) is 1. The predicted molar refractivity (Wildman–Crippen MR) is 53.4 cm³/mol. The van der Waals surface area contributed by atoms with E-state index in [1.165, 1.54) is 13.5 Å². The summed E-state index contributed by atoms with van der Waals surface area (Å²) in [5, 5.41) is 6.14. The number of hydrogen-bond donors (Lipinski definition) is 1. The van der Waals surface area contributed by atoms with Gasteiger partial charge in [0, 0.05) is 13.0 Å². The number of nitrogens with one attached hydrogen (secondary N) is 1. The molecule has 0 aromatic heterocycles. The van der Waals surface area contributed by atoms with E-state index in [0.717, 1.165) is 18.6 Å². The van der Waals surface area contributed by atoms with Gasteiger partial charge in [-0.25, -0.2) is 4.79 Å². The van der Waals surface area contributed by atoms with Crippen molar-refractivity contribution in [2.45, 2.75) is 24.6 Å². The van der Waals surface area contributed by atoms with Gasteiger partial charge in [-0.05, 0) is 25.2 Å². The standard InChI is InChI=1S/C9H13ClN2O2/c1-11-9(13)14-12-8-6-3-2-5(4-6)7(8)10/h5-7H,2-4H2,1H3,(H,11,13). The third-order valence-electron chi connectivity index (χ3n) is 3.03. The van der Waals surface area contributed by atoms with E-state index in [-0.39, 0.29) is 5.38 Å². The highest BCUT2D eigenvalue weighted by Crippen LogP contribution is 2.45. The largest absolute Gasteiger partial charge is 0.433 e. The molecule has 2 fully saturated rings. The lowest BCUT2D eigenvalue weighted by Crippen LogP contribution is -2.25. The minimum Gasteiger partial charge on any atom is -0.323 e. The summed E-state index contributed by atoms with van der Waals surface area (Å²) in [5.74, 6) is 0.973. The van der Waals surface area contributed by atoms with Gasteiger partial charge in [0.15, 0.2) is 0 Å². The van der Waals surface area contributed by atoms with Crippen molar-refractivity contribution in [2.24, 2.45) is 17.0 Å². The summed E-state index contributed by atoms with van der Waals surface area (Å²) in [6.07, 6.45) is 2.87. The molecular weight excluding hydrogens is 204 g/mol. The first-order valence-electron chi connectivity index (χ1n) is 4.83. The number of hydrogen-bond acceptors (Lipinski definition) is 3. The highest BCUT2D eigenvalue weighted by molar-refractivity contribution is 6.33. The number of fused-ring (bicyclic) bond motifs is 2. The van der Waals surface area contributed by atoms with Crippen molar-refractivity contribution in [3.63, 3.8) is 0 Å². The average Bonchev–Trinajstić information content (AvgIpc) is 2.75. The van der Waals surface area contributed by atoms with Crippen molar-refractivity contribution in [3.05, 3.63) is 0 Å². The molecule has 3 atom stereocenters. The van der Waals surface area contributed by atoms with Crippen LogP contribution in [0.5, 0.6) is 0 Å². The Kier molecular flexibility index (Phi) is 2.63. The Morgan fingerprint density at radius 1 is 1.64 bits per heavy atom. The Morgan fingerprint density at radius 2 is 2.43 bits per heavy atom. The Bertz CT molecular complexity index is 276. The highest BCUT2D eigenvalue weighted by atomic mass is 35.5. The van der Waals surface area contributed by atoms with Gasteiger partial charge < -0.3 is 5.32 Å². The maximum Gasteiger partial charge on any atom is 0.433 e. The SMILES string of the molecule is CNC(=O)ON=C1C2CCC(C2)C1Cl. The van der Waals surface area contributed by atoms with Gasteiger partial charge in [-0.1, -0.05) is 5.16 Å². The molecule has 0 aromatic rings. The van der Waals surface area contributed by atoms with Gasteiger partial charge in [-0.2, -0.15) is 0 Å². The van der Waals surface area contributed by atoms with E-state index in [0.29, 0.717) is 11.8 Å². The first-order valence-corrected chi connectivity index (χ1v) is 5.26. The molecule has 0 aromatic carbocycles. The summed E-state index contributed by atoms with van der Waals surface area (Å²) < 4.78 is 0. The Labute approximate surface area is 87.6 Å². The first-order chi connectivity index (χ1) is 6.72. The summed E-state index contributed by atoms with van der Waals surface area (Å²) >= 11 is 6.16. The average molecular weight is 217 g/mol. The van der Waals surface area contributed by atoms with Gasteiger partial charge >= 0.3 is 6.09 Å². The number of alkyl halides is 1. The van der Waals surface area contributed by atoms with Gasteiger partial charge in [0.25, 0.3) is 0 Å². The number of amides is 1. The molecule has 0 spiro atoms. The topological polar surface area (TPSA) is 50.7 Å². The van der Waals surface area contributed by atoms with Crippen LogP contribution in [0.3, 0.4) is 0 Å². The van der Waals surface area contributed by atoms with Crippen molar-refractivity contribution in [1.82, 2.24) is 5.32 Å². The molecule has 2 aliphatic rings. The molecule has 78 valence electrons. The van der Waals surface area contributed by atoms with Crippen LogP contribution in [0.4, 0.5) is 4.79 Å². The summed E-state index contributed by atoms with van der Waals surface area (Å²) in [4.78, 5) is 15.4. The van der Waals surface area contributed by atoms with Crippen LogP contribution in [0.1, 0.15) is 19.3 Å². The fraction of sp³-hybridized carbons (Fsp3) is 0.778. The van der Waals surface area contributed by atoms with Crippen LogP contribution in [0.15, 0.2) is 5.16 Å². The van der Waals surface area contributed by atoms with E-state index in [4.69, 9.17) is 11.6 Å². The van der Waals surface area contributed by atoms with Crippen molar-refractivity contribution >= 4 is 23.4 Å². The van der Waals surface area contributed by atoms with Gasteiger partial charge in [0.1, 0.15) is 0 Å².